The van der Waals surface area contributed by atoms with Crippen molar-refractivity contribution >= 4 is 46.2 Å². The molecule has 3 rings (SSSR count). The second-order valence-corrected chi connectivity index (χ2v) is 7.56. The Morgan fingerprint density at radius 3 is 2.67 bits per heavy atom. The van der Waals surface area contributed by atoms with Gasteiger partial charge in [0.25, 0.3) is 0 Å². The van der Waals surface area contributed by atoms with E-state index in [9.17, 15) is 0 Å². The van der Waals surface area contributed by atoms with Gasteiger partial charge in [0.05, 0.1) is 24.6 Å². The van der Waals surface area contributed by atoms with E-state index < -0.39 is 0 Å². The summed E-state index contributed by atoms with van der Waals surface area (Å²) < 4.78 is 3.65. The Hall–Kier alpha value is -2.09. The van der Waals surface area contributed by atoms with Gasteiger partial charge in [-0.05, 0) is 36.8 Å². The van der Waals surface area contributed by atoms with Crippen molar-refractivity contribution in [2.75, 3.05) is 12.4 Å². The number of rotatable bonds is 5. The highest BCUT2D eigenvalue weighted by Gasteiger charge is 2.11. The van der Waals surface area contributed by atoms with E-state index in [1.54, 1.807) is 16.9 Å². The van der Waals surface area contributed by atoms with Gasteiger partial charge in [-0.3, -0.25) is 9.36 Å². The highest BCUT2D eigenvalue weighted by atomic mass is 35.5. The van der Waals surface area contributed by atoms with Crippen molar-refractivity contribution < 1.29 is 0 Å². The molecular formula is C18H20Cl2N6S. The SMILES string of the molecule is Cc1c(CN(C)C(=S)Nc2cnn(Cc3ccc(Cl)cc3Cl)c2)cnn1C. The molecule has 2 aromatic heterocycles. The zero-order valence-corrected chi connectivity index (χ0v) is 17.6. The van der Waals surface area contributed by atoms with Crippen molar-refractivity contribution in [2.45, 2.75) is 20.0 Å². The van der Waals surface area contributed by atoms with Gasteiger partial charge in [0.15, 0.2) is 5.11 Å². The number of benzene rings is 1. The van der Waals surface area contributed by atoms with Crippen molar-refractivity contribution in [1.82, 2.24) is 24.5 Å². The van der Waals surface area contributed by atoms with Gasteiger partial charge in [-0.25, -0.2) is 0 Å². The Bertz CT molecular complexity index is 965. The third kappa shape index (κ3) is 4.80. The molecule has 0 radical (unpaired) electrons. The number of hydrogen-bond donors (Lipinski definition) is 1. The summed E-state index contributed by atoms with van der Waals surface area (Å²) in [5, 5.41) is 13.7. The van der Waals surface area contributed by atoms with Gasteiger partial charge >= 0.3 is 0 Å². The van der Waals surface area contributed by atoms with Gasteiger partial charge in [0, 0.05) is 48.1 Å². The van der Waals surface area contributed by atoms with Crippen LogP contribution in [0.3, 0.4) is 0 Å². The first-order valence-corrected chi connectivity index (χ1v) is 9.46. The summed E-state index contributed by atoms with van der Waals surface area (Å²) >= 11 is 17.7. The quantitative estimate of drug-likeness (QED) is 0.626. The third-order valence-electron chi connectivity index (χ3n) is 4.32. The minimum Gasteiger partial charge on any atom is -0.348 e. The Balaban J connectivity index is 1.61. The van der Waals surface area contributed by atoms with Crippen LogP contribution in [0.1, 0.15) is 16.8 Å². The number of halogens is 2. The van der Waals surface area contributed by atoms with Crippen molar-refractivity contribution in [1.29, 1.82) is 0 Å². The van der Waals surface area contributed by atoms with Crippen LogP contribution in [0.15, 0.2) is 36.8 Å². The number of anilines is 1. The summed E-state index contributed by atoms with van der Waals surface area (Å²) in [7, 11) is 3.87. The maximum Gasteiger partial charge on any atom is 0.173 e. The van der Waals surface area contributed by atoms with Gasteiger partial charge in [-0.2, -0.15) is 10.2 Å². The smallest absolute Gasteiger partial charge is 0.173 e. The molecule has 0 aliphatic carbocycles. The van der Waals surface area contributed by atoms with E-state index in [-0.39, 0.29) is 0 Å². The molecule has 0 aliphatic heterocycles. The zero-order chi connectivity index (χ0) is 19.6. The molecule has 1 N–H and O–H groups in total. The number of aryl methyl sites for hydroxylation is 1. The van der Waals surface area contributed by atoms with Gasteiger partial charge in [-0.15, -0.1) is 0 Å². The molecule has 142 valence electrons. The minimum atomic E-state index is 0.551. The number of thiocarbonyl (C=S) groups is 1. The van der Waals surface area contributed by atoms with E-state index in [0.29, 0.717) is 28.2 Å². The largest absolute Gasteiger partial charge is 0.348 e. The van der Waals surface area contributed by atoms with Gasteiger partial charge in [0.2, 0.25) is 0 Å². The Morgan fingerprint density at radius 1 is 1.22 bits per heavy atom. The summed E-state index contributed by atoms with van der Waals surface area (Å²) in [4.78, 5) is 1.97. The standard InChI is InChI=1S/C18H20Cl2N6S/c1-12-14(7-21-25(12)3)9-24(2)18(27)23-16-8-22-26(11-16)10-13-4-5-15(19)6-17(13)20/h4-8,11H,9-10H2,1-3H3,(H,23,27). The first kappa shape index (κ1) is 19.7. The zero-order valence-electron chi connectivity index (χ0n) is 15.3. The van der Waals surface area contributed by atoms with E-state index >= 15 is 0 Å². The summed E-state index contributed by atoms with van der Waals surface area (Å²) in [5.41, 5.74) is 4.02. The maximum atomic E-state index is 6.23. The first-order chi connectivity index (χ1) is 12.8. The molecule has 0 fully saturated rings. The predicted octanol–water partition coefficient (Wildman–Crippen LogP) is 4.11. The normalized spacial score (nSPS) is 10.9. The second kappa shape index (κ2) is 8.29. The summed E-state index contributed by atoms with van der Waals surface area (Å²) in [6.45, 7) is 3.27. The molecule has 0 aliphatic rings. The number of nitrogens with zero attached hydrogens (tertiary/aromatic N) is 5. The van der Waals surface area contributed by atoms with Crippen LogP contribution in [0.5, 0.6) is 0 Å². The molecule has 0 spiro atoms. The van der Waals surface area contributed by atoms with Gasteiger partial charge in [-0.1, -0.05) is 29.3 Å². The van der Waals surface area contributed by atoms with Crippen LogP contribution >= 0.6 is 35.4 Å². The molecule has 6 nitrogen and oxygen atoms in total. The highest BCUT2D eigenvalue weighted by molar-refractivity contribution is 7.80. The fraction of sp³-hybridized carbons (Fsp3) is 0.278. The topological polar surface area (TPSA) is 50.9 Å². The van der Waals surface area contributed by atoms with Gasteiger partial charge in [0.1, 0.15) is 0 Å². The van der Waals surface area contributed by atoms with E-state index in [2.05, 4.69) is 15.5 Å². The maximum absolute atomic E-state index is 6.23. The van der Waals surface area contributed by atoms with Crippen LogP contribution in [0.25, 0.3) is 0 Å². The molecule has 0 unspecified atom stereocenters. The van der Waals surface area contributed by atoms with E-state index in [4.69, 9.17) is 35.4 Å². The number of hydrogen-bond acceptors (Lipinski definition) is 3. The molecule has 0 saturated heterocycles. The lowest BCUT2D eigenvalue weighted by molar-refractivity contribution is 0.506. The Labute approximate surface area is 173 Å². The molecule has 9 heteroatoms. The second-order valence-electron chi connectivity index (χ2n) is 6.33. The average Bonchev–Trinajstić information content (AvgIpc) is 3.18. The average molecular weight is 423 g/mol. The fourth-order valence-electron chi connectivity index (χ4n) is 2.58. The number of nitrogens with one attached hydrogen (secondary N) is 1. The summed E-state index contributed by atoms with van der Waals surface area (Å²) in [6.07, 6.45) is 5.49. The van der Waals surface area contributed by atoms with Crippen LogP contribution in [0.4, 0.5) is 5.69 Å². The van der Waals surface area contributed by atoms with Crippen molar-refractivity contribution in [3.63, 3.8) is 0 Å². The lowest BCUT2D eigenvalue weighted by atomic mass is 10.2. The highest BCUT2D eigenvalue weighted by Crippen LogP contribution is 2.22. The lowest BCUT2D eigenvalue weighted by Crippen LogP contribution is -2.30. The molecule has 27 heavy (non-hydrogen) atoms. The molecule has 0 bridgehead atoms. The Kier molecular flexibility index (Phi) is 6.04. The lowest BCUT2D eigenvalue weighted by Gasteiger charge is -2.20. The minimum absolute atomic E-state index is 0.551. The van der Waals surface area contributed by atoms with E-state index in [0.717, 1.165) is 22.5 Å². The third-order valence-corrected chi connectivity index (χ3v) is 5.32. The van der Waals surface area contributed by atoms with Crippen LogP contribution < -0.4 is 5.32 Å². The van der Waals surface area contributed by atoms with E-state index in [1.165, 1.54) is 0 Å². The van der Waals surface area contributed by atoms with E-state index in [1.807, 2.05) is 55.1 Å². The predicted molar refractivity (Wildman–Crippen MR) is 113 cm³/mol. The molecular weight excluding hydrogens is 403 g/mol. The van der Waals surface area contributed by atoms with Crippen molar-refractivity contribution in [3.05, 3.63) is 63.7 Å². The molecule has 2 heterocycles. The van der Waals surface area contributed by atoms with Crippen LogP contribution in [0.2, 0.25) is 10.0 Å². The first-order valence-electron chi connectivity index (χ1n) is 8.29. The monoisotopic (exact) mass is 422 g/mol. The molecule has 0 saturated carbocycles. The molecule has 1 aromatic carbocycles. The molecule has 0 amide bonds. The summed E-state index contributed by atoms with van der Waals surface area (Å²) in [6, 6.07) is 5.44. The van der Waals surface area contributed by atoms with Crippen LogP contribution in [-0.4, -0.2) is 36.6 Å². The van der Waals surface area contributed by atoms with Crippen molar-refractivity contribution in [2.24, 2.45) is 7.05 Å². The molecule has 0 atom stereocenters. The summed E-state index contributed by atoms with van der Waals surface area (Å²) in [5.74, 6) is 0. The Morgan fingerprint density at radius 2 is 2.00 bits per heavy atom. The van der Waals surface area contributed by atoms with Gasteiger partial charge < -0.3 is 10.2 Å². The fourth-order valence-corrected chi connectivity index (χ4v) is 3.24. The van der Waals surface area contributed by atoms with Crippen molar-refractivity contribution in [3.8, 4) is 0 Å². The number of aromatic nitrogens is 4. The van der Waals surface area contributed by atoms with Crippen LogP contribution in [-0.2, 0) is 20.1 Å². The van der Waals surface area contributed by atoms with Crippen LogP contribution in [0, 0.1) is 6.92 Å². The molecule has 3 aromatic rings.